The van der Waals surface area contributed by atoms with E-state index in [1.54, 1.807) is 12.3 Å². The molecule has 1 aliphatic heterocycles. The van der Waals surface area contributed by atoms with Crippen LogP contribution < -0.4 is 9.64 Å². The highest BCUT2D eigenvalue weighted by Crippen LogP contribution is 2.29. The van der Waals surface area contributed by atoms with Crippen molar-refractivity contribution in [3.8, 4) is 28.4 Å². The Bertz CT molecular complexity index is 991. The number of hydrogen-bond acceptors (Lipinski definition) is 5. The Kier molecular flexibility index (Phi) is 4.67. The molecule has 0 atom stereocenters. The van der Waals surface area contributed by atoms with Crippen molar-refractivity contribution in [1.82, 2.24) is 19.9 Å². The van der Waals surface area contributed by atoms with Crippen LogP contribution in [0.25, 0.3) is 22.6 Å². The van der Waals surface area contributed by atoms with Gasteiger partial charge in [-0.1, -0.05) is 0 Å². The van der Waals surface area contributed by atoms with Gasteiger partial charge in [-0.3, -0.25) is 4.90 Å². The van der Waals surface area contributed by atoms with Crippen LogP contribution in [0.2, 0.25) is 0 Å². The Balaban J connectivity index is 1.29. The van der Waals surface area contributed by atoms with Crippen LogP contribution in [-0.2, 0) is 0 Å². The molecule has 0 unspecified atom stereocenters. The molecule has 0 radical (unpaired) electrons. The fourth-order valence-electron chi connectivity index (χ4n) is 3.92. The first-order chi connectivity index (χ1) is 14.2. The number of nitrogens with zero attached hydrogens (tertiary/aromatic N) is 4. The van der Waals surface area contributed by atoms with Crippen molar-refractivity contribution in [1.29, 1.82) is 0 Å². The summed E-state index contributed by atoms with van der Waals surface area (Å²) in [6.45, 7) is 4.29. The van der Waals surface area contributed by atoms with Crippen molar-refractivity contribution in [2.24, 2.45) is 0 Å². The number of halogens is 1. The molecule has 6 nitrogen and oxygen atoms in total. The van der Waals surface area contributed by atoms with E-state index in [2.05, 4.69) is 30.8 Å². The molecule has 2 aromatic heterocycles. The van der Waals surface area contributed by atoms with E-state index in [0.717, 1.165) is 54.9 Å². The van der Waals surface area contributed by atoms with Gasteiger partial charge in [0.2, 0.25) is 0 Å². The minimum absolute atomic E-state index is 0.228. The summed E-state index contributed by atoms with van der Waals surface area (Å²) in [6.07, 6.45) is 6.28. The first-order valence-corrected chi connectivity index (χ1v) is 10.1. The molecule has 5 rings (SSSR count). The van der Waals surface area contributed by atoms with Crippen LogP contribution in [0.5, 0.6) is 5.75 Å². The molecule has 0 bridgehead atoms. The minimum Gasteiger partial charge on any atom is -0.494 e. The highest BCUT2D eigenvalue weighted by atomic mass is 19.1. The number of methoxy groups -OCH3 is 1. The standard InChI is InChI=1S/C22H24FN5O/c1-29-20-6-2-15(12-18(20)23)19-14-25-22(26-19)16-3-7-21(24-13-16)28-10-8-27(9-11-28)17-4-5-17/h2-3,6-7,12-14,17H,4-5,8-11H2,1H3,(H,25,26). The van der Waals surface area contributed by atoms with E-state index in [1.165, 1.54) is 26.0 Å². The van der Waals surface area contributed by atoms with Gasteiger partial charge in [0.1, 0.15) is 11.6 Å². The third kappa shape index (κ3) is 3.70. The maximum absolute atomic E-state index is 14.0. The largest absolute Gasteiger partial charge is 0.494 e. The maximum atomic E-state index is 14.0. The van der Waals surface area contributed by atoms with Crippen LogP contribution in [0.4, 0.5) is 10.2 Å². The second kappa shape index (κ2) is 7.48. The molecule has 1 aromatic carbocycles. The van der Waals surface area contributed by atoms with E-state index in [0.29, 0.717) is 5.82 Å². The monoisotopic (exact) mass is 393 g/mol. The number of H-pyrrole nitrogens is 1. The summed E-state index contributed by atoms with van der Waals surface area (Å²) in [7, 11) is 1.45. The molecule has 1 N–H and O–H groups in total. The molecule has 7 heteroatoms. The van der Waals surface area contributed by atoms with Gasteiger partial charge in [0.25, 0.3) is 0 Å². The van der Waals surface area contributed by atoms with Crippen molar-refractivity contribution in [2.45, 2.75) is 18.9 Å². The van der Waals surface area contributed by atoms with E-state index in [-0.39, 0.29) is 5.75 Å². The third-order valence-electron chi connectivity index (χ3n) is 5.76. The van der Waals surface area contributed by atoms with Gasteiger partial charge in [-0.05, 0) is 43.2 Å². The minimum atomic E-state index is -0.394. The second-order valence-corrected chi connectivity index (χ2v) is 7.65. The van der Waals surface area contributed by atoms with Crippen molar-refractivity contribution >= 4 is 5.82 Å². The van der Waals surface area contributed by atoms with Gasteiger partial charge in [-0.25, -0.2) is 14.4 Å². The number of anilines is 1. The highest BCUT2D eigenvalue weighted by Gasteiger charge is 2.31. The number of aromatic amines is 1. The zero-order valence-corrected chi connectivity index (χ0v) is 16.4. The van der Waals surface area contributed by atoms with Crippen molar-refractivity contribution < 1.29 is 9.13 Å². The smallest absolute Gasteiger partial charge is 0.165 e. The van der Waals surface area contributed by atoms with Gasteiger partial charge < -0.3 is 14.6 Å². The van der Waals surface area contributed by atoms with E-state index >= 15 is 0 Å². The molecule has 3 heterocycles. The Labute approximate surface area is 169 Å². The van der Waals surface area contributed by atoms with Crippen molar-refractivity contribution in [3.05, 3.63) is 48.5 Å². The highest BCUT2D eigenvalue weighted by molar-refractivity contribution is 5.65. The molecule has 3 aromatic rings. The first kappa shape index (κ1) is 18.1. The lowest BCUT2D eigenvalue weighted by Crippen LogP contribution is -2.47. The average Bonchev–Trinajstić information content (AvgIpc) is 3.50. The molecule has 2 aliphatic rings. The van der Waals surface area contributed by atoms with E-state index in [9.17, 15) is 4.39 Å². The Morgan fingerprint density at radius 2 is 1.79 bits per heavy atom. The summed E-state index contributed by atoms with van der Waals surface area (Å²) in [5, 5.41) is 0. The second-order valence-electron chi connectivity index (χ2n) is 7.65. The summed E-state index contributed by atoms with van der Waals surface area (Å²) >= 11 is 0. The lowest BCUT2D eigenvalue weighted by Gasteiger charge is -2.35. The molecule has 0 spiro atoms. The third-order valence-corrected chi connectivity index (χ3v) is 5.76. The predicted molar refractivity (Wildman–Crippen MR) is 111 cm³/mol. The SMILES string of the molecule is COc1ccc(-c2cnc(-c3ccc(N4CCN(C5CC5)CC4)nc3)[nH]2)cc1F. The lowest BCUT2D eigenvalue weighted by molar-refractivity contribution is 0.247. The van der Waals surface area contributed by atoms with Crippen LogP contribution >= 0.6 is 0 Å². The summed E-state index contributed by atoms with van der Waals surface area (Å²) in [4.78, 5) is 17.3. The molecular weight excluding hydrogens is 369 g/mol. The van der Waals surface area contributed by atoms with E-state index in [1.807, 2.05) is 18.3 Å². The van der Waals surface area contributed by atoms with Gasteiger partial charge in [-0.15, -0.1) is 0 Å². The Hall–Kier alpha value is -2.93. The Morgan fingerprint density at radius 3 is 2.45 bits per heavy atom. The number of piperazine rings is 1. The maximum Gasteiger partial charge on any atom is 0.165 e. The number of nitrogens with one attached hydrogen (secondary N) is 1. The van der Waals surface area contributed by atoms with E-state index < -0.39 is 5.82 Å². The topological polar surface area (TPSA) is 57.3 Å². The zero-order chi connectivity index (χ0) is 19.8. The van der Waals surface area contributed by atoms with Crippen LogP contribution in [0.15, 0.2) is 42.7 Å². The molecule has 1 aliphatic carbocycles. The van der Waals surface area contributed by atoms with Gasteiger partial charge in [0, 0.05) is 49.5 Å². The lowest BCUT2D eigenvalue weighted by atomic mass is 10.1. The molecule has 1 saturated heterocycles. The fourth-order valence-corrected chi connectivity index (χ4v) is 3.92. The summed E-state index contributed by atoms with van der Waals surface area (Å²) in [5.41, 5.74) is 2.38. The quantitative estimate of drug-likeness (QED) is 0.718. The van der Waals surface area contributed by atoms with Gasteiger partial charge in [0.15, 0.2) is 11.6 Å². The number of pyridine rings is 1. The zero-order valence-electron chi connectivity index (χ0n) is 16.4. The number of aromatic nitrogens is 3. The van der Waals surface area contributed by atoms with Crippen LogP contribution in [0, 0.1) is 5.82 Å². The fraction of sp³-hybridized carbons (Fsp3) is 0.364. The van der Waals surface area contributed by atoms with Crippen LogP contribution in [0.3, 0.4) is 0 Å². The van der Waals surface area contributed by atoms with Crippen molar-refractivity contribution in [3.63, 3.8) is 0 Å². The van der Waals surface area contributed by atoms with Gasteiger partial charge in [0.05, 0.1) is 19.0 Å². The first-order valence-electron chi connectivity index (χ1n) is 10.1. The van der Waals surface area contributed by atoms with Crippen LogP contribution in [-0.4, -0.2) is 59.2 Å². The predicted octanol–water partition coefficient (Wildman–Crippen LogP) is 3.57. The normalized spacial score (nSPS) is 17.5. The number of benzene rings is 1. The molecule has 1 saturated carbocycles. The summed E-state index contributed by atoms with van der Waals surface area (Å²) in [6, 6.07) is 9.79. The van der Waals surface area contributed by atoms with E-state index in [4.69, 9.17) is 4.74 Å². The van der Waals surface area contributed by atoms with Crippen molar-refractivity contribution in [2.75, 3.05) is 38.2 Å². The van der Waals surface area contributed by atoms with Gasteiger partial charge >= 0.3 is 0 Å². The van der Waals surface area contributed by atoms with Gasteiger partial charge in [-0.2, -0.15) is 0 Å². The average molecular weight is 393 g/mol. The Morgan fingerprint density at radius 1 is 1.00 bits per heavy atom. The molecular formula is C22H24FN5O. The molecule has 0 amide bonds. The molecule has 2 fully saturated rings. The summed E-state index contributed by atoms with van der Waals surface area (Å²) in [5.74, 6) is 1.56. The molecule has 150 valence electrons. The number of hydrogen-bond donors (Lipinski definition) is 1. The summed E-state index contributed by atoms with van der Waals surface area (Å²) < 4.78 is 19.0. The number of imidazole rings is 1. The molecule has 29 heavy (non-hydrogen) atoms. The number of rotatable bonds is 5. The van der Waals surface area contributed by atoms with Crippen LogP contribution in [0.1, 0.15) is 12.8 Å². The number of ether oxygens (including phenoxy) is 1.